The van der Waals surface area contributed by atoms with E-state index >= 15 is 0 Å². The number of H-pyrrole nitrogens is 1. The van der Waals surface area contributed by atoms with E-state index in [1.54, 1.807) is 25.4 Å². The average molecular weight is 286 g/mol. The molecule has 0 spiro atoms. The molecule has 2 aromatic rings. The van der Waals surface area contributed by atoms with Gasteiger partial charge in [-0.15, -0.1) is 0 Å². The van der Waals surface area contributed by atoms with E-state index in [4.69, 9.17) is 4.74 Å². The van der Waals surface area contributed by atoms with Crippen LogP contribution < -0.4 is 10.1 Å². The number of rotatable bonds is 4. The Bertz CT molecular complexity index is 620. The lowest BCUT2D eigenvalue weighted by Crippen LogP contribution is -2.37. The first kappa shape index (κ1) is 14.2. The molecular weight excluding hydrogens is 273 g/mol. The van der Waals surface area contributed by atoms with Crippen LogP contribution in [-0.4, -0.2) is 30.7 Å². The van der Waals surface area contributed by atoms with Gasteiger partial charge in [0.1, 0.15) is 5.75 Å². The minimum atomic E-state index is -4.84. The van der Waals surface area contributed by atoms with E-state index < -0.39 is 12.1 Å². The van der Waals surface area contributed by atoms with Crippen molar-refractivity contribution in [2.24, 2.45) is 0 Å². The van der Waals surface area contributed by atoms with Gasteiger partial charge in [-0.1, -0.05) is 0 Å². The highest BCUT2D eigenvalue weighted by Gasteiger charge is 2.38. The second-order valence-electron chi connectivity index (χ2n) is 4.23. The fourth-order valence-corrected chi connectivity index (χ4v) is 1.91. The summed E-state index contributed by atoms with van der Waals surface area (Å²) in [5.41, 5.74) is 1.67. The number of halogens is 3. The normalized spacial score (nSPS) is 11.6. The third-order valence-electron chi connectivity index (χ3n) is 2.91. The molecule has 0 aliphatic heterocycles. The summed E-state index contributed by atoms with van der Waals surface area (Å²) in [5.74, 6) is -1.23. The van der Waals surface area contributed by atoms with Crippen LogP contribution in [0.25, 0.3) is 10.9 Å². The van der Waals surface area contributed by atoms with Gasteiger partial charge in [-0.2, -0.15) is 13.2 Å². The number of hydrogen-bond donors (Lipinski definition) is 2. The molecule has 2 N–H and O–H groups in total. The summed E-state index contributed by atoms with van der Waals surface area (Å²) in [7, 11) is 1.55. The topological polar surface area (TPSA) is 54.1 Å². The van der Waals surface area contributed by atoms with Crippen molar-refractivity contribution in [1.82, 2.24) is 10.3 Å². The maximum atomic E-state index is 12.0. The molecular formula is C13H13F3N2O2. The molecule has 2 rings (SSSR count). The Morgan fingerprint density at radius 1 is 1.40 bits per heavy atom. The van der Waals surface area contributed by atoms with Crippen LogP contribution in [0, 0.1) is 0 Å². The summed E-state index contributed by atoms with van der Waals surface area (Å²) >= 11 is 0. The molecule has 0 atom stereocenters. The Labute approximate surface area is 112 Å². The van der Waals surface area contributed by atoms with E-state index in [9.17, 15) is 18.0 Å². The Hall–Kier alpha value is -2.18. The van der Waals surface area contributed by atoms with E-state index in [0.29, 0.717) is 12.2 Å². The van der Waals surface area contributed by atoms with Crippen LogP contribution in [0.4, 0.5) is 13.2 Å². The van der Waals surface area contributed by atoms with Gasteiger partial charge in [0, 0.05) is 29.7 Å². The van der Waals surface area contributed by atoms with Gasteiger partial charge in [0.15, 0.2) is 0 Å². The molecule has 0 saturated heterocycles. The fraction of sp³-hybridized carbons (Fsp3) is 0.308. The summed E-state index contributed by atoms with van der Waals surface area (Å²) in [6.45, 7) is -0.0721. The maximum absolute atomic E-state index is 12.0. The minimum Gasteiger partial charge on any atom is -0.497 e. The lowest BCUT2D eigenvalue weighted by molar-refractivity contribution is -0.173. The van der Waals surface area contributed by atoms with Gasteiger partial charge in [-0.25, -0.2) is 0 Å². The van der Waals surface area contributed by atoms with E-state index in [1.807, 2.05) is 11.4 Å². The lowest BCUT2D eigenvalue weighted by atomic mass is 10.1. The van der Waals surface area contributed by atoms with Gasteiger partial charge in [0.05, 0.1) is 7.11 Å². The zero-order chi connectivity index (χ0) is 14.8. The van der Waals surface area contributed by atoms with Gasteiger partial charge in [0.2, 0.25) is 0 Å². The van der Waals surface area contributed by atoms with Crippen molar-refractivity contribution in [3.05, 3.63) is 30.0 Å². The van der Waals surface area contributed by atoms with Crippen molar-refractivity contribution in [1.29, 1.82) is 0 Å². The highest BCUT2D eigenvalue weighted by atomic mass is 19.4. The molecule has 0 fully saturated rings. The molecule has 20 heavy (non-hydrogen) atoms. The van der Waals surface area contributed by atoms with Crippen LogP contribution >= 0.6 is 0 Å². The summed E-state index contributed by atoms with van der Waals surface area (Å²) in [6, 6.07) is 5.40. The third-order valence-corrected chi connectivity index (χ3v) is 2.91. The number of amides is 1. The number of carbonyl (C=O) groups excluding carboxylic acids is 1. The quantitative estimate of drug-likeness (QED) is 0.906. The van der Waals surface area contributed by atoms with E-state index in [2.05, 4.69) is 4.98 Å². The molecule has 4 nitrogen and oxygen atoms in total. The van der Waals surface area contributed by atoms with Crippen molar-refractivity contribution in [2.45, 2.75) is 12.6 Å². The highest BCUT2D eigenvalue weighted by Crippen LogP contribution is 2.23. The van der Waals surface area contributed by atoms with Gasteiger partial charge in [-0.3, -0.25) is 4.79 Å². The molecule has 7 heteroatoms. The van der Waals surface area contributed by atoms with Gasteiger partial charge < -0.3 is 15.0 Å². The number of alkyl halides is 3. The molecule has 1 aromatic carbocycles. The predicted octanol–water partition coefficient (Wildman–Crippen LogP) is 2.40. The van der Waals surface area contributed by atoms with E-state index in [-0.39, 0.29) is 6.54 Å². The van der Waals surface area contributed by atoms with Crippen LogP contribution in [0.2, 0.25) is 0 Å². The van der Waals surface area contributed by atoms with Gasteiger partial charge in [-0.05, 0) is 24.1 Å². The molecule has 0 saturated carbocycles. The molecule has 0 aliphatic carbocycles. The van der Waals surface area contributed by atoms with Gasteiger partial charge >= 0.3 is 12.1 Å². The average Bonchev–Trinajstić information content (AvgIpc) is 2.80. The van der Waals surface area contributed by atoms with Crippen LogP contribution in [0.15, 0.2) is 24.4 Å². The van der Waals surface area contributed by atoms with Crippen molar-refractivity contribution < 1.29 is 22.7 Å². The number of carbonyl (C=O) groups is 1. The Morgan fingerprint density at radius 3 is 2.80 bits per heavy atom. The zero-order valence-electron chi connectivity index (χ0n) is 10.7. The smallest absolute Gasteiger partial charge is 0.471 e. The number of fused-ring (bicyclic) bond motifs is 1. The third kappa shape index (κ3) is 3.04. The number of hydrogen-bond acceptors (Lipinski definition) is 2. The molecule has 1 heterocycles. The standard InChI is InChI=1S/C13H13F3N2O2/c1-20-9-2-3-10-8(7-18-11(10)6-9)4-5-17-12(19)13(14,15)16/h2-3,6-7,18H,4-5H2,1H3,(H,17,19). The number of aromatic amines is 1. The first-order chi connectivity index (χ1) is 9.41. The van der Waals surface area contributed by atoms with Crippen LogP contribution in [0.1, 0.15) is 5.56 Å². The fourth-order valence-electron chi connectivity index (χ4n) is 1.91. The number of nitrogens with one attached hydrogen (secondary N) is 2. The number of aromatic nitrogens is 1. The number of ether oxygens (including phenoxy) is 1. The van der Waals surface area contributed by atoms with Crippen LogP contribution in [0.3, 0.4) is 0 Å². The van der Waals surface area contributed by atoms with Crippen molar-refractivity contribution in [3.63, 3.8) is 0 Å². The molecule has 1 aromatic heterocycles. The minimum absolute atomic E-state index is 0.0721. The molecule has 0 aliphatic rings. The zero-order valence-corrected chi connectivity index (χ0v) is 10.7. The van der Waals surface area contributed by atoms with Gasteiger partial charge in [0.25, 0.3) is 0 Å². The van der Waals surface area contributed by atoms with E-state index in [0.717, 1.165) is 16.5 Å². The molecule has 0 bridgehead atoms. The highest BCUT2D eigenvalue weighted by molar-refractivity contribution is 5.85. The van der Waals surface area contributed by atoms with E-state index in [1.165, 1.54) is 0 Å². The van der Waals surface area contributed by atoms with Crippen LogP contribution in [-0.2, 0) is 11.2 Å². The second-order valence-corrected chi connectivity index (χ2v) is 4.23. The summed E-state index contributed by atoms with van der Waals surface area (Å²) in [6.07, 6.45) is -2.81. The summed E-state index contributed by atoms with van der Waals surface area (Å²) in [4.78, 5) is 13.7. The first-order valence-electron chi connectivity index (χ1n) is 5.91. The van der Waals surface area contributed by atoms with Crippen molar-refractivity contribution in [2.75, 3.05) is 13.7 Å². The maximum Gasteiger partial charge on any atom is 0.471 e. The Morgan fingerprint density at radius 2 is 2.15 bits per heavy atom. The summed E-state index contributed by atoms with van der Waals surface area (Å²) < 4.78 is 41.1. The molecule has 108 valence electrons. The SMILES string of the molecule is COc1ccc2c(CCNC(=O)C(F)(F)F)c[nH]c2c1. The first-order valence-corrected chi connectivity index (χ1v) is 5.91. The molecule has 0 unspecified atom stereocenters. The molecule has 0 radical (unpaired) electrons. The second kappa shape index (κ2) is 5.44. The molecule has 1 amide bonds. The monoisotopic (exact) mass is 286 g/mol. The lowest BCUT2D eigenvalue weighted by Gasteiger charge is -2.07. The predicted molar refractivity (Wildman–Crippen MR) is 67.6 cm³/mol. The van der Waals surface area contributed by atoms with Crippen molar-refractivity contribution >= 4 is 16.8 Å². The van der Waals surface area contributed by atoms with Crippen LogP contribution in [0.5, 0.6) is 5.75 Å². The largest absolute Gasteiger partial charge is 0.497 e. The number of benzene rings is 1. The Kier molecular flexibility index (Phi) is 3.87. The number of methoxy groups -OCH3 is 1. The van der Waals surface area contributed by atoms with Crippen molar-refractivity contribution in [3.8, 4) is 5.75 Å². The Balaban J connectivity index is 2.02. The summed E-state index contributed by atoms with van der Waals surface area (Å²) in [5, 5.41) is 2.74.